The molecule has 0 radical (unpaired) electrons. The van der Waals surface area contributed by atoms with Gasteiger partial charge in [0, 0.05) is 6.04 Å². The molecule has 4 amide bonds. The molecule has 1 fully saturated rings. The highest BCUT2D eigenvalue weighted by atomic mass is 19.2. The fourth-order valence-electron chi connectivity index (χ4n) is 1.10. The number of halogens is 1. The molecule has 1 heterocycles. The summed E-state index contributed by atoms with van der Waals surface area (Å²) in [5.41, 5.74) is 0. The van der Waals surface area contributed by atoms with E-state index >= 15 is 0 Å². The SMILES string of the molecule is CC(C)N1C(=O)CC(=O)N(F)C1=O. The Bertz CT molecular complexity index is 277. The summed E-state index contributed by atoms with van der Waals surface area (Å²) >= 11 is 0. The number of hydrogen-bond acceptors (Lipinski definition) is 3. The van der Waals surface area contributed by atoms with Crippen molar-refractivity contribution >= 4 is 17.8 Å². The normalized spacial score (nSPS) is 18.9. The minimum absolute atomic E-state index is 0.439. The molecule has 1 aliphatic heterocycles. The van der Waals surface area contributed by atoms with Crippen LogP contribution in [0.25, 0.3) is 0 Å². The number of hydrogen-bond donors (Lipinski definition) is 0. The zero-order chi connectivity index (χ0) is 10.2. The fraction of sp³-hybridized carbons (Fsp3) is 0.571. The molecule has 5 nitrogen and oxygen atoms in total. The highest BCUT2D eigenvalue weighted by molar-refractivity contribution is 6.13. The number of amides is 4. The number of nitrogens with zero attached hydrogens (tertiary/aromatic N) is 2. The Balaban J connectivity index is 2.92. The molecular weight excluding hydrogens is 179 g/mol. The molecule has 0 aromatic carbocycles. The summed E-state index contributed by atoms with van der Waals surface area (Å²) in [7, 11) is 0. The summed E-state index contributed by atoms with van der Waals surface area (Å²) in [6.07, 6.45) is -0.583. The average Bonchev–Trinajstić information content (AvgIpc) is 1.99. The van der Waals surface area contributed by atoms with Gasteiger partial charge >= 0.3 is 6.03 Å². The minimum atomic E-state index is -1.20. The van der Waals surface area contributed by atoms with Gasteiger partial charge in [-0.3, -0.25) is 14.5 Å². The van der Waals surface area contributed by atoms with E-state index in [2.05, 4.69) is 0 Å². The summed E-state index contributed by atoms with van der Waals surface area (Å²) in [6.45, 7) is 3.14. The molecule has 0 N–H and O–H groups in total. The van der Waals surface area contributed by atoms with Crippen molar-refractivity contribution in [2.45, 2.75) is 26.3 Å². The maximum Gasteiger partial charge on any atom is 0.362 e. The Morgan fingerprint density at radius 3 is 2.23 bits per heavy atom. The number of carbonyl (C=O) groups is 3. The molecule has 13 heavy (non-hydrogen) atoms. The number of barbiturate groups is 1. The van der Waals surface area contributed by atoms with Crippen LogP contribution in [0, 0.1) is 0 Å². The van der Waals surface area contributed by atoms with Gasteiger partial charge in [0.05, 0.1) is 0 Å². The first kappa shape index (κ1) is 9.63. The number of urea groups is 1. The van der Waals surface area contributed by atoms with Crippen LogP contribution in [-0.2, 0) is 9.59 Å². The molecule has 0 aliphatic carbocycles. The Kier molecular flexibility index (Phi) is 2.31. The Morgan fingerprint density at radius 2 is 1.77 bits per heavy atom. The molecule has 0 aromatic rings. The van der Waals surface area contributed by atoms with Crippen molar-refractivity contribution in [2.75, 3.05) is 0 Å². The van der Waals surface area contributed by atoms with Crippen LogP contribution in [0.1, 0.15) is 20.3 Å². The smallest absolute Gasteiger partial charge is 0.274 e. The lowest BCUT2D eigenvalue weighted by atomic mass is 10.2. The van der Waals surface area contributed by atoms with Crippen molar-refractivity contribution in [2.24, 2.45) is 0 Å². The zero-order valence-corrected chi connectivity index (χ0v) is 7.28. The van der Waals surface area contributed by atoms with Crippen LogP contribution in [0.5, 0.6) is 0 Å². The van der Waals surface area contributed by atoms with Gasteiger partial charge in [-0.25, -0.2) is 4.79 Å². The van der Waals surface area contributed by atoms with Crippen molar-refractivity contribution in [1.29, 1.82) is 0 Å². The standard InChI is InChI=1S/C7H9FN2O3/c1-4(2)9-5(11)3-6(12)10(8)7(9)13/h4H,3H2,1-2H3. The van der Waals surface area contributed by atoms with Gasteiger partial charge in [0.15, 0.2) is 0 Å². The molecule has 0 spiro atoms. The number of carbonyl (C=O) groups excluding carboxylic acids is 3. The van der Waals surface area contributed by atoms with E-state index in [0.717, 1.165) is 4.90 Å². The van der Waals surface area contributed by atoms with Gasteiger partial charge in [0.25, 0.3) is 5.91 Å². The van der Waals surface area contributed by atoms with Gasteiger partial charge in [-0.15, -0.1) is 0 Å². The fourth-order valence-corrected chi connectivity index (χ4v) is 1.10. The second-order valence-electron chi connectivity index (χ2n) is 2.99. The van der Waals surface area contributed by atoms with Gasteiger partial charge in [0.2, 0.25) is 5.91 Å². The van der Waals surface area contributed by atoms with Crippen LogP contribution in [0.3, 0.4) is 0 Å². The molecule has 0 bridgehead atoms. The van der Waals surface area contributed by atoms with E-state index in [1.807, 2.05) is 0 Å². The Hall–Kier alpha value is -1.46. The summed E-state index contributed by atoms with van der Waals surface area (Å²) in [5, 5.41) is -0.526. The van der Waals surface area contributed by atoms with Crippen LogP contribution < -0.4 is 0 Å². The van der Waals surface area contributed by atoms with E-state index in [1.165, 1.54) is 0 Å². The highest BCUT2D eigenvalue weighted by Gasteiger charge is 2.39. The maximum absolute atomic E-state index is 12.7. The Morgan fingerprint density at radius 1 is 1.23 bits per heavy atom. The van der Waals surface area contributed by atoms with Gasteiger partial charge in [-0.05, 0) is 13.8 Å². The molecule has 1 aliphatic rings. The van der Waals surface area contributed by atoms with Crippen molar-refractivity contribution < 1.29 is 18.9 Å². The largest absolute Gasteiger partial charge is 0.362 e. The number of rotatable bonds is 1. The van der Waals surface area contributed by atoms with Gasteiger partial charge < -0.3 is 0 Å². The molecule has 72 valence electrons. The van der Waals surface area contributed by atoms with Crippen LogP contribution in [0.4, 0.5) is 9.28 Å². The topological polar surface area (TPSA) is 57.7 Å². The van der Waals surface area contributed by atoms with Crippen LogP contribution in [0.2, 0.25) is 0 Å². The van der Waals surface area contributed by atoms with Crippen molar-refractivity contribution in [3.63, 3.8) is 0 Å². The quantitative estimate of drug-likeness (QED) is 0.443. The van der Waals surface area contributed by atoms with Gasteiger partial charge in [-0.1, -0.05) is 9.60 Å². The lowest BCUT2D eigenvalue weighted by Gasteiger charge is -2.29. The third-order valence-electron chi connectivity index (χ3n) is 1.68. The van der Waals surface area contributed by atoms with E-state index in [4.69, 9.17) is 0 Å². The minimum Gasteiger partial charge on any atom is -0.274 e. The summed E-state index contributed by atoms with van der Waals surface area (Å²) in [6, 6.07) is -1.64. The monoisotopic (exact) mass is 188 g/mol. The molecule has 0 aromatic heterocycles. The first-order chi connectivity index (χ1) is 5.95. The average molecular weight is 188 g/mol. The van der Waals surface area contributed by atoms with Crippen molar-refractivity contribution in [3.8, 4) is 0 Å². The molecule has 6 heteroatoms. The predicted molar refractivity (Wildman–Crippen MR) is 39.9 cm³/mol. The zero-order valence-electron chi connectivity index (χ0n) is 7.28. The van der Waals surface area contributed by atoms with Crippen LogP contribution >= 0.6 is 0 Å². The lowest BCUT2D eigenvalue weighted by molar-refractivity contribution is -0.153. The Labute approximate surface area is 74.0 Å². The van der Waals surface area contributed by atoms with E-state index in [9.17, 15) is 18.9 Å². The molecular formula is C7H9FN2O3. The molecule has 1 rings (SSSR count). The first-order valence-corrected chi connectivity index (χ1v) is 3.80. The lowest BCUT2D eigenvalue weighted by Crippen LogP contribution is -2.54. The van der Waals surface area contributed by atoms with Crippen molar-refractivity contribution in [1.82, 2.24) is 10.0 Å². The summed E-state index contributed by atoms with van der Waals surface area (Å²) in [5.74, 6) is -1.76. The summed E-state index contributed by atoms with van der Waals surface area (Å²) < 4.78 is 12.7. The predicted octanol–water partition coefficient (Wildman–Crippen LogP) is 0.460. The molecule has 0 unspecified atom stereocenters. The first-order valence-electron chi connectivity index (χ1n) is 3.80. The highest BCUT2D eigenvalue weighted by Crippen LogP contribution is 2.14. The van der Waals surface area contributed by atoms with E-state index in [0.29, 0.717) is 0 Å². The third-order valence-corrected chi connectivity index (χ3v) is 1.68. The van der Waals surface area contributed by atoms with Crippen LogP contribution in [0.15, 0.2) is 0 Å². The number of imide groups is 2. The second kappa shape index (κ2) is 3.12. The van der Waals surface area contributed by atoms with E-state index in [1.54, 1.807) is 13.8 Å². The maximum atomic E-state index is 12.7. The van der Waals surface area contributed by atoms with E-state index in [-0.39, 0.29) is 0 Å². The second-order valence-corrected chi connectivity index (χ2v) is 2.99. The van der Waals surface area contributed by atoms with E-state index < -0.39 is 35.4 Å². The molecule has 1 saturated heterocycles. The van der Waals surface area contributed by atoms with Gasteiger partial charge in [-0.2, -0.15) is 0 Å². The van der Waals surface area contributed by atoms with Gasteiger partial charge in [0.1, 0.15) is 6.42 Å². The molecule has 0 saturated carbocycles. The summed E-state index contributed by atoms with van der Waals surface area (Å²) in [4.78, 5) is 33.5. The van der Waals surface area contributed by atoms with Crippen molar-refractivity contribution in [3.05, 3.63) is 0 Å². The molecule has 0 atom stereocenters. The van der Waals surface area contributed by atoms with Crippen LogP contribution in [-0.4, -0.2) is 33.9 Å². The third kappa shape index (κ3) is 1.51.